The molecule has 0 fully saturated rings. The van der Waals surface area contributed by atoms with Crippen LogP contribution in [0.3, 0.4) is 0 Å². The summed E-state index contributed by atoms with van der Waals surface area (Å²) in [5.74, 6) is 0.510. The number of fused-ring (bicyclic) bond motifs is 1. The monoisotopic (exact) mass is 516 g/mol. The van der Waals surface area contributed by atoms with E-state index in [1.165, 1.54) is 17.5 Å². The summed E-state index contributed by atoms with van der Waals surface area (Å²) < 4.78 is 5.76. The Kier molecular flexibility index (Phi) is 8.80. The number of aromatic nitrogens is 3. The predicted octanol–water partition coefficient (Wildman–Crippen LogP) is 4.59. The lowest BCUT2D eigenvalue weighted by Gasteiger charge is -2.12. The van der Waals surface area contributed by atoms with E-state index in [0.717, 1.165) is 23.2 Å². The number of hydrogen-bond donors (Lipinski definition) is 3. The molecule has 3 N–H and O–H groups in total. The molecular weight excluding hydrogens is 488 g/mol. The van der Waals surface area contributed by atoms with Crippen molar-refractivity contribution >= 4 is 44.9 Å². The first-order valence-electron chi connectivity index (χ1n) is 11.8. The van der Waals surface area contributed by atoms with E-state index in [4.69, 9.17) is 4.74 Å². The number of amides is 2. The highest BCUT2D eigenvalue weighted by atomic mass is 32.1. The molecular formula is C26H28N8O2S. The Hall–Kier alpha value is -4.27. The lowest BCUT2D eigenvalue weighted by molar-refractivity contribution is 0.262. The van der Waals surface area contributed by atoms with Gasteiger partial charge in [0.25, 0.3) is 0 Å². The van der Waals surface area contributed by atoms with Gasteiger partial charge in [-0.05, 0) is 38.7 Å². The Morgan fingerprint density at radius 2 is 1.95 bits per heavy atom. The maximum absolute atomic E-state index is 12.2. The first-order valence-corrected chi connectivity index (χ1v) is 12.6. The van der Waals surface area contributed by atoms with Crippen LogP contribution in [0.15, 0.2) is 54.9 Å². The van der Waals surface area contributed by atoms with Gasteiger partial charge in [-0.25, -0.2) is 14.8 Å². The molecule has 0 spiro atoms. The van der Waals surface area contributed by atoms with E-state index in [9.17, 15) is 10.1 Å². The molecule has 3 heterocycles. The van der Waals surface area contributed by atoms with Crippen LogP contribution in [-0.4, -0.2) is 59.7 Å². The molecule has 0 saturated heterocycles. The van der Waals surface area contributed by atoms with Crippen LogP contribution < -0.4 is 20.7 Å². The molecule has 37 heavy (non-hydrogen) atoms. The van der Waals surface area contributed by atoms with Crippen molar-refractivity contribution in [2.24, 2.45) is 0 Å². The van der Waals surface area contributed by atoms with Gasteiger partial charge in [-0.15, -0.1) is 11.3 Å². The van der Waals surface area contributed by atoms with Crippen molar-refractivity contribution in [3.63, 3.8) is 0 Å². The van der Waals surface area contributed by atoms with Gasteiger partial charge in [0, 0.05) is 53.9 Å². The molecule has 0 unspecified atom stereocenters. The first-order chi connectivity index (χ1) is 18.0. The van der Waals surface area contributed by atoms with Gasteiger partial charge in [-0.3, -0.25) is 5.32 Å². The van der Waals surface area contributed by atoms with Crippen molar-refractivity contribution in [1.82, 2.24) is 19.9 Å². The topological polar surface area (TPSA) is 128 Å². The quantitative estimate of drug-likeness (QED) is 0.247. The summed E-state index contributed by atoms with van der Waals surface area (Å²) in [4.78, 5) is 28.4. The van der Waals surface area contributed by atoms with Crippen molar-refractivity contribution in [3.8, 4) is 11.9 Å². The minimum absolute atomic E-state index is 0.347. The number of nitrogens with one attached hydrogen (secondary N) is 3. The second kappa shape index (κ2) is 12.6. The SMILES string of the molecule is CN(C)CCCOc1ccc2c(NCCc3cnc(NC(=O)Nc4ccccc4)s3)c(C#N)cnc2n1. The van der Waals surface area contributed by atoms with Gasteiger partial charge in [0.2, 0.25) is 5.88 Å². The third-order valence-corrected chi connectivity index (χ3v) is 6.28. The number of para-hydroxylation sites is 1. The number of pyridine rings is 2. The summed E-state index contributed by atoms with van der Waals surface area (Å²) in [6, 6.07) is 14.7. The Morgan fingerprint density at radius 1 is 1.11 bits per heavy atom. The normalized spacial score (nSPS) is 10.8. The molecule has 0 aliphatic heterocycles. The number of nitrogens with zero attached hydrogens (tertiary/aromatic N) is 5. The molecule has 0 atom stereocenters. The van der Waals surface area contributed by atoms with Crippen LogP contribution in [0.2, 0.25) is 0 Å². The molecule has 2 amide bonds. The molecule has 11 heteroatoms. The maximum atomic E-state index is 12.2. The molecule has 0 bridgehead atoms. The van der Waals surface area contributed by atoms with Gasteiger partial charge in [0.1, 0.15) is 6.07 Å². The number of nitriles is 1. The second-order valence-electron chi connectivity index (χ2n) is 8.44. The van der Waals surface area contributed by atoms with E-state index in [2.05, 4.69) is 41.9 Å². The average molecular weight is 517 g/mol. The van der Waals surface area contributed by atoms with Crippen LogP contribution in [0.4, 0.5) is 21.3 Å². The zero-order valence-electron chi connectivity index (χ0n) is 20.7. The largest absolute Gasteiger partial charge is 0.478 e. The highest BCUT2D eigenvalue weighted by Crippen LogP contribution is 2.27. The van der Waals surface area contributed by atoms with E-state index < -0.39 is 0 Å². The molecule has 0 radical (unpaired) electrons. The molecule has 4 aromatic rings. The minimum Gasteiger partial charge on any atom is -0.478 e. The Labute approximate surface area is 219 Å². The molecule has 190 valence electrons. The third kappa shape index (κ3) is 7.36. The second-order valence-corrected chi connectivity index (χ2v) is 9.55. The molecule has 1 aromatic carbocycles. The molecule has 0 aliphatic carbocycles. The number of carbonyl (C=O) groups excluding carboxylic acids is 1. The number of anilines is 3. The lowest BCUT2D eigenvalue weighted by Crippen LogP contribution is -2.19. The minimum atomic E-state index is -0.347. The summed E-state index contributed by atoms with van der Waals surface area (Å²) in [6.07, 6.45) is 4.82. The fourth-order valence-electron chi connectivity index (χ4n) is 3.55. The zero-order valence-corrected chi connectivity index (χ0v) is 21.5. The smallest absolute Gasteiger partial charge is 0.325 e. The van der Waals surface area contributed by atoms with Gasteiger partial charge < -0.3 is 20.3 Å². The van der Waals surface area contributed by atoms with E-state index in [-0.39, 0.29) is 6.03 Å². The Balaban J connectivity index is 1.34. The van der Waals surface area contributed by atoms with Crippen LogP contribution in [-0.2, 0) is 6.42 Å². The summed E-state index contributed by atoms with van der Waals surface area (Å²) in [5, 5.41) is 19.7. The number of hydrogen-bond acceptors (Lipinski definition) is 9. The summed E-state index contributed by atoms with van der Waals surface area (Å²) >= 11 is 1.40. The van der Waals surface area contributed by atoms with Gasteiger partial charge in [-0.1, -0.05) is 18.2 Å². The third-order valence-electron chi connectivity index (χ3n) is 5.30. The number of ether oxygens (including phenoxy) is 1. The lowest BCUT2D eigenvalue weighted by atomic mass is 10.1. The van der Waals surface area contributed by atoms with Crippen molar-refractivity contribution in [1.29, 1.82) is 5.26 Å². The van der Waals surface area contributed by atoms with Gasteiger partial charge in [-0.2, -0.15) is 10.2 Å². The van der Waals surface area contributed by atoms with Crippen LogP contribution in [0.5, 0.6) is 5.88 Å². The number of rotatable bonds is 11. The molecule has 4 rings (SSSR count). The van der Waals surface area contributed by atoms with Crippen LogP contribution in [0, 0.1) is 11.3 Å². The number of benzene rings is 1. The van der Waals surface area contributed by atoms with E-state index >= 15 is 0 Å². The van der Waals surface area contributed by atoms with Crippen LogP contribution >= 0.6 is 11.3 Å². The number of urea groups is 1. The fraction of sp³-hybridized carbons (Fsp3) is 0.269. The van der Waals surface area contributed by atoms with Crippen LogP contribution in [0.25, 0.3) is 11.0 Å². The Morgan fingerprint density at radius 3 is 2.73 bits per heavy atom. The van der Waals surface area contributed by atoms with Crippen molar-refractivity contribution in [3.05, 3.63) is 65.3 Å². The van der Waals surface area contributed by atoms with Crippen molar-refractivity contribution < 1.29 is 9.53 Å². The highest BCUT2D eigenvalue weighted by Gasteiger charge is 2.12. The molecule has 0 aliphatic rings. The van der Waals surface area contributed by atoms with Gasteiger partial charge in [0.05, 0.1) is 17.9 Å². The van der Waals surface area contributed by atoms with Crippen molar-refractivity contribution in [2.45, 2.75) is 12.8 Å². The number of carbonyl (C=O) groups is 1. The fourth-order valence-corrected chi connectivity index (χ4v) is 4.35. The molecule has 0 saturated carbocycles. The van der Waals surface area contributed by atoms with E-state index in [1.807, 2.05) is 50.5 Å². The summed E-state index contributed by atoms with van der Waals surface area (Å²) in [7, 11) is 4.05. The van der Waals surface area contributed by atoms with E-state index in [1.54, 1.807) is 12.3 Å². The number of thiazole rings is 1. The molecule has 10 nitrogen and oxygen atoms in total. The summed E-state index contributed by atoms with van der Waals surface area (Å²) in [5.41, 5.74) is 2.35. The standard InChI is InChI=1S/C26H28N8O2S/c1-34(2)13-6-14-36-22-10-9-21-23(18(15-27)16-29-24(21)32-22)28-12-11-20-17-30-26(37-20)33-25(35)31-19-7-4-3-5-8-19/h3-5,7-10,16-17H,6,11-14H2,1-2H3,(H,28,29,32)(H2,30,31,33,35). The van der Waals surface area contributed by atoms with Crippen molar-refractivity contribution in [2.75, 3.05) is 49.7 Å². The van der Waals surface area contributed by atoms with Gasteiger partial charge in [0.15, 0.2) is 10.8 Å². The molecule has 3 aromatic heterocycles. The van der Waals surface area contributed by atoms with Gasteiger partial charge >= 0.3 is 6.03 Å². The predicted molar refractivity (Wildman–Crippen MR) is 146 cm³/mol. The maximum Gasteiger partial charge on any atom is 0.325 e. The average Bonchev–Trinajstić information content (AvgIpc) is 3.33. The zero-order chi connectivity index (χ0) is 26.0. The van der Waals surface area contributed by atoms with Crippen LogP contribution in [0.1, 0.15) is 16.9 Å². The summed E-state index contributed by atoms with van der Waals surface area (Å²) in [6.45, 7) is 2.07. The van der Waals surface area contributed by atoms with E-state index in [0.29, 0.717) is 53.2 Å². The Bertz CT molecular complexity index is 1380. The highest BCUT2D eigenvalue weighted by molar-refractivity contribution is 7.15. The first kappa shape index (κ1) is 25.8.